The molecule has 0 spiro atoms. The number of hydrogen-bond donors (Lipinski definition) is 3. The van der Waals surface area contributed by atoms with Crippen molar-refractivity contribution in [3.63, 3.8) is 0 Å². The summed E-state index contributed by atoms with van der Waals surface area (Å²) in [6.07, 6.45) is -3.84. The zero-order valence-corrected chi connectivity index (χ0v) is 19.2. The standard InChI is InChI=1S/C22H22Cl2F3N5O/c1-12(33)29-11-18-20-14(15-10-13(23)2-4-17(15)30-20)6-8-32(18)9-7-28-19-5-3-16(24)21(31-19)22(25,26)27/h2-5,10,18,30H,6-9,11H2,1H3,(H,28,31)(H,29,33). The molecule has 0 saturated heterocycles. The van der Waals surface area contributed by atoms with Crippen molar-refractivity contribution in [2.24, 2.45) is 0 Å². The number of carbonyl (C=O) groups excluding carboxylic acids is 1. The van der Waals surface area contributed by atoms with E-state index in [-0.39, 0.29) is 17.8 Å². The summed E-state index contributed by atoms with van der Waals surface area (Å²) in [6, 6.07) is 8.18. The summed E-state index contributed by atoms with van der Waals surface area (Å²) in [6.45, 7) is 3.49. The monoisotopic (exact) mass is 499 g/mol. The van der Waals surface area contributed by atoms with Crippen LogP contribution in [0.2, 0.25) is 10.0 Å². The van der Waals surface area contributed by atoms with E-state index >= 15 is 0 Å². The SMILES string of the molecule is CC(=O)NCC1c2[nH]c3ccc(Cl)cc3c2CCN1CCNc1ccc(Cl)c(C(F)(F)F)n1. The number of halogens is 5. The number of pyridine rings is 1. The quantitative estimate of drug-likeness (QED) is 0.444. The number of carbonyl (C=O) groups is 1. The van der Waals surface area contributed by atoms with Gasteiger partial charge in [0, 0.05) is 54.7 Å². The van der Waals surface area contributed by atoms with Crippen molar-refractivity contribution in [2.75, 3.05) is 31.5 Å². The Morgan fingerprint density at radius 3 is 2.79 bits per heavy atom. The maximum absolute atomic E-state index is 13.1. The number of nitrogens with zero attached hydrogens (tertiary/aromatic N) is 2. The molecule has 176 valence electrons. The van der Waals surface area contributed by atoms with Crippen LogP contribution < -0.4 is 10.6 Å². The van der Waals surface area contributed by atoms with Gasteiger partial charge in [-0.25, -0.2) is 4.98 Å². The number of anilines is 1. The van der Waals surface area contributed by atoms with Crippen LogP contribution in [0.1, 0.15) is 29.9 Å². The largest absolute Gasteiger partial charge is 0.434 e. The van der Waals surface area contributed by atoms with Crippen LogP contribution in [0.15, 0.2) is 30.3 Å². The number of benzene rings is 1. The maximum Gasteiger partial charge on any atom is 0.434 e. The Labute approximate surface area is 198 Å². The summed E-state index contributed by atoms with van der Waals surface area (Å²) in [4.78, 5) is 20.8. The van der Waals surface area contributed by atoms with Gasteiger partial charge in [-0.1, -0.05) is 23.2 Å². The van der Waals surface area contributed by atoms with Crippen LogP contribution in [0.5, 0.6) is 0 Å². The van der Waals surface area contributed by atoms with Crippen LogP contribution in [0.4, 0.5) is 19.0 Å². The number of aromatic amines is 1. The number of rotatable bonds is 6. The lowest BCUT2D eigenvalue weighted by Crippen LogP contribution is -2.43. The second-order valence-corrected chi connectivity index (χ2v) is 8.74. The van der Waals surface area contributed by atoms with Gasteiger partial charge in [0.25, 0.3) is 0 Å². The van der Waals surface area contributed by atoms with Gasteiger partial charge in [0.05, 0.1) is 11.1 Å². The van der Waals surface area contributed by atoms with Gasteiger partial charge in [-0.2, -0.15) is 13.2 Å². The molecule has 11 heteroatoms. The lowest BCUT2D eigenvalue weighted by molar-refractivity contribution is -0.141. The third-order valence-corrected chi connectivity index (χ3v) is 6.23. The first-order chi connectivity index (χ1) is 15.6. The molecule has 1 aliphatic heterocycles. The number of fused-ring (bicyclic) bond motifs is 3. The van der Waals surface area contributed by atoms with Crippen molar-refractivity contribution in [1.82, 2.24) is 20.2 Å². The molecule has 3 aromatic rings. The molecule has 3 heterocycles. The van der Waals surface area contributed by atoms with Crippen molar-refractivity contribution in [2.45, 2.75) is 25.6 Å². The molecule has 1 amide bonds. The molecule has 0 saturated carbocycles. The average molecular weight is 500 g/mol. The van der Waals surface area contributed by atoms with Crippen molar-refractivity contribution >= 4 is 45.8 Å². The first-order valence-corrected chi connectivity index (χ1v) is 11.1. The van der Waals surface area contributed by atoms with E-state index in [2.05, 4.69) is 25.5 Å². The fraction of sp³-hybridized carbons (Fsp3) is 0.364. The maximum atomic E-state index is 13.1. The highest BCUT2D eigenvalue weighted by Crippen LogP contribution is 2.36. The van der Waals surface area contributed by atoms with E-state index in [0.29, 0.717) is 24.7 Å². The molecule has 2 aromatic heterocycles. The summed E-state index contributed by atoms with van der Waals surface area (Å²) >= 11 is 11.8. The predicted octanol–water partition coefficient (Wildman–Crippen LogP) is 5.04. The molecule has 4 rings (SSSR count). The van der Waals surface area contributed by atoms with Gasteiger partial charge in [-0.15, -0.1) is 0 Å². The summed E-state index contributed by atoms with van der Waals surface area (Å²) in [5.74, 6) is -0.0347. The van der Waals surface area contributed by atoms with Crippen molar-refractivity contribution in [3.05, 3.63) is 57.3 Å². The van der Waals surface area contributed by atoms with Crippen molar-refractivity contribution < 1.29 is 18.0 Å². The summed E-state index contributed by atoms with van der Waals surface area (Å²) in [5, 5.41) is 7.11. The minimum absolute atomic E-state index is 0.100. The fourth-order valence-electron chi connectivity index (χ4n) is 4.19. The normalized spacial score (nSPS) is 16.6. The van der Waals surface area contributed by atoms with Crippen molar-refractivity contribution in [1.29, 1.82) is 0 Å². The van der Waals surface area contributed by atoms with E-state index in [9.17, 15) is 18.0 Å². The predicted molar refractivity (Wildman–Crippen MR) is 123 cm³/mol. The first-order valence-electron chi connectivity index (χ1n) is 10.4. The lowest BCUT2D eigenvalue weighted by Gasteiger charge is -2.36. The Bertz CT molecular complexity index is 1180. The van der Waals surface area contributed by atoms with Gasteiger partial charge in [0.2, 0.25) is 5.91 Å². The number of aromatic nitrogens is 2. The van der Waals surface area contributed by atoms with E-state index in [0.717, 1.165) is 29.6 Å². The Hall–Kier alpha value is -2.49. The minimum Gasteiger partial charge on any atom is -0.369 e. The van der Waals surface area contributed by atoms with Crippen molar-refractivity contribution in [3.8, 4) is 0 Å². The first kappa shape index (κ1) is 23.7. The van der Waals surface area contributed by atoms with Gasteiger partial charge in [0.15, 0.2) is 5.69 Å². The molecule has 0 aliphatic carbocycles. The second-order valence-electron chi connectivity index (χ2n) is 7.90. The number of amides is 1. The molecule has 0 bridgehead atoms. The van der Waals surface area contributed by atoms with Crippen LogP contribution in [0, 0.1) is 0 Å². The molecular formula is C22H22Cl2F3N5O. The highest BCUT2D eigenvalue weighted by Gasteiger charge is 2.35. The Morgan fingerprint density at radius 1 is 1.27 bits per heavy atom. The molecule has 1 atom stereocenters. The zero-order chi connectivity index (χ0) is 23.8. The van der Waals surface area contributed by atoms with E-state index in [1.165, 1.54) is 24.6 Å². The lowest BCUT2D eigenvalue weighted by atomic mass is 9.97. The van der Waals surface area contributed by atoms with Gasteiger partial charge in [-0.05, 0) is 42.3 Å². The van der Waals surface area contributed by atoms with Crippen LogP contribution in [0.25, 0.3) is 10.9 Å². The van der Waals surface area contributed by atoms with Crippen LogP contribution in [0.3, 0.4) is 0 Å². The van der Waals surface area contributed by atoms with E-state index < -0.39 is 16.9 Å². The molecule has 3 N–H and O–H groups in total. The number of alkyl halides is 3. The topological polar surface area (TPSA) is 73.1 Å². The van der Waals surface area contributed by atoms with E-state index in [4.69, 9.17) is 23.2 Å². The van der Waals surface area contributed by atoms with Gasteiger partial charge < -0.3 is 15.6 Å². The van der Waals surface area contributed by atoms with Crippen LogP contribution >= 0.6 is 23.2 Å². The van der Waals surface area contributed by atoms with E-state index in [1.807, 2.05) is 18.2 Å². The molecular weight excluding hydrogens is 478 g/mol. The number of nitrogens with one attached hydrogen (secondary N) is 3. The molecule has 0 fully saturated rings. The summed E-state index contributed by atoms with van der Waals surface area (Å²) in [7, 11) is 0. The number of H-pyrrole nitrogens is 1. The summed E-state index contributed by atoms with van der Waals surface area (Å²) in [5.41, 5.74) is 2.04. The highest BCUT2D eigenvalue weighted by atomic mass is 35.5. The van der Waals surface area contributed by atoms with Crippen LogP contribution in [-0.2, 0) is 17.4 Å². The molecule has 33 heavy (non-hydrogen) atoms. The smallest absolute Gasteiger partial charge is 0.369 e. The molecule has 1 aliphatic rings. The Kier molecular flexibility index (Phi) is 6.74. The Morgan fingerprint density at radius 2 is 2.06 bits per heavy atom. The average Bonchev–Trinajstić information content (AvgIpc) is 3.11. The fourth-order valence-corrected chi connectivity index (χ4v) is 4.58. The molecule has 0 radical (unpaired) electrons. The molecule has 1 aromatic carbocycles. The zero-order valence-electron chi connectivity index (χ0n) is 17.7. The Balaban J connectivity index is 1.51. The van der Waals surface area contributed by atoms with Gasteiger partial charge in [-0.3, -0.25) is 9.69 Å². The molecule has 1 unspecified atom stereocenters. The highest BCUT2D eigenvalue weighted by molar-refractivity contribution is 6.31. The van der Waals surface area contributed by atoms with Gasteiger partial charge in [0.1, 0.15) is 5.82 Å². The minimum atomic E-state index is -4.62. The van der Waals surface area contributed by atoms with Crippen LogP contribution in [-0.4, -0.2) is 47.0 Å². The number of hydrogen-bond acceptors (Lipinski definition) is 4. The molecule has 6 nitrogen and oxygen atoms in total. The second kappa shape index (κ2) is 9.40. The van der Waals surface area contributed by atoms with Gasteiger partial charge >= 0.3 is 6.18 Å². The third-order valence-electron chi connectivity index (χ3n) is 5.69. The third kappa shape index (κ3) is 5.20. The van der Waals surface area contributed by atoms with E-state index in [1.54, 1.807) is 0 Å². The summed E-state index contributed by atoms with van der Waals surface area (Å²) < 4.78 is 39.2.